The van der Waals surface area contributed by atoms with Crippen LogP contribution in [0, 0.1) is 0 Å². The molecule has 0 amide bonds. The highest BCUT2D eigenvalue weighted by molar-refractivity contribution is 5.39. The summed E-state index contributed by atoms with van der Waals surface area (Å²) in [7, 11) is 0. The fraction of sp³-hybridized carbons (Fsp3) is 0.471. The van der Waals surface area contributed by atoms with Crippen molar-refractivity contribution in [2.75, 3.05) is 11.9 Å². The Labute approximate surface area is 132 Å². The van der Waals surface area contributed by atoms with Crippen LogP contribution in [0.4, 0.5) is 5.82 Å². The lowest BCUT2D eigenvalue weighted by molar-refractivity contribution is 0.296. The number of hydrogen-bond donors (Lipinski definition) is 1. The smallest absolute Gasteiger partial charge is 0.218 e. The Kier molecular flexibility index (Phi) is 6.61. The molecule has 2 aromatic heterocycles. The molecule has 0 aliphatic rings. The SMILES string of the molecule is CCCCOc1cc(NCc2ccccn2)nc(CCC)n1. The van der Waals surface area contributed by atoms with Crippen molar-refractivity contribution in [2.24, 2.45) is 0 Å². The largest absolute Gasteiger partial charge is 0.478 e. The van der Waals surface area contributed by atoms with Gasteiger partial charge in [-0.3, -0.25) is 4.98 Å². The van der Waals surface area contributed by atoms with Gasteiger partial charge in [0.1, 0.15) is 11.6 Å². The Hall–Kier alpha value is -2.17. The molecule has 0 saturated carbocycles. The number of aryl methyl sites for hydroxylation is 1. The van der Waals surface area contributed by atoms with Crippen molar-refractivity contribution in [3.8, 4) is 5.88 Å². The van der Waals surface area contributed by atoms with Gasteiger partial charge < -0.3 is 10.1 Å². The summed E-state index contributed by atoms with van der Waals surface area (Å²) in [4.78, 5) is 13.3. The number of aromatic nitrogens is 3. The molecule has 118 valence electrons. The Morgan fingerprint density at radius 3 is 2.77 bits per heavy atom. The quantitative estimate of drug-likeness (QED) is 0.717. The third-order valence-corrected chi connectivity index (χ3v) is 3.15. The fourth-order valence-corrected chi connectivity index (χ4v) is 1.98. The molecule has 2 rings (SSSR count). The summed E-state index contributed by atoms with van der Waals surface area (Å²) in [5, 5.41) is 3.30. The average molecular weight is 300 g/mol. The molecule has 0 unspecified atom stereocenters. The minimum absolute atomic E-state index is 0.637. The van der Waals surface area contributed by atoms with Crippen molar-refractivity contribution in [3.63, 3.8) is 0 Å². The van der Waals surface area contributed by atoms with E-state index in [9.17, 15) is 0 Å². The van der Waals surface area contributed by atoms with Gasteiger partial charge in [-0.2, -0.15) is 4.98 Å². The summed E-state index contributed by atoms with van der Waals surface area (Å²) in [6, 6.07) is 7.73. The van der Waals surface area contributed by atoms with Gasteiger partial charge in [0.05, 0.1) is 18.8 Å². The number of nitrogens with one attached hydrogen (secondary N) is 1. The maximum Gasteiger partial charge on any atom is 0.218 e. The number of rotatable bonds is 9. The third kappa shape index (κ3) is 5.31. The molecule has 2 heterocycles. The van der Waals surface area contributed by atoms with Crippen LogP contribution in [0.15, 0.2) is 30.5 Å². The average Bonchev–Trinajstić information content (AvgIpc) is 2.54. The van der Waals surface area contributed by atoms with Crippen molar-refractivity contribution in [2.45, 2.75) is 46.1 Å². The first-order chi connectivity index (χ1) is 10.8. The lowest BCUT2D eigenvalue weighted by Crippen LogP contribution is -2.08. The zero-order valence-electron chi connectivity index (χ0n) is 13.4. The van der Waals surface area contributed by atoms with E-state index in [1.54, 1.807) is 6.20 Å². The van der Waals surface area contributed by atoms with Gasteiger partial charge in [0.15, 0.2) is 0 Å². The number of anilines is 1. The minimum atomic E-state index is 0.637. The van der Waals surface area contributed by atoms with E-state index in [2.05, 4.69) is 34.1 Å². The molecule has 0 aliphatic carbocycles. The van der Waals surface area contributed by atoms with Gasteiger partial charge in [-0.1, -0.05) is 26.3 Å². The van der Waals surface area contributed by atoms with E-state index < -0.39 is 0 Å². The molecule has 1 N–H and O–H groups in total. The maximum absolute atomic E-state index is 5.72. The highest BCUT2D eigenvalue weighted by Gasteiger charge is 2.06. The Morgan fingerprint density at radius 2 is 2.05 bits per heavy atom. The van der Waals surface area contributed by atoms with Crippen LogP contribution in [0.5, 0.6) is 5.88 Å². The molecule has 0 saturated heterocycles. The van der Waals surface area contributed by atoms with Crippen molar-refractivity contribution >= 4 is 5.82 Å². The second-order valence-electron chi connectivity index (χ2n) is 5.13. The summed E-state index contributed by atoms with van der Waals surface area (Å²) in [5.74, 6) is 2.26. The lowest BCUT2D eigenvalue weighted by atomic mass is 10.3. The first-order valence-electron chi connectivity index (χ1n) is 7.96. The van der Waals surface area contributed by atoms with E-state index in [1.165, 1.54) is 0 Å². The highest BCUT2D eigenvalue weighted by Crippen LogP contribution is 2.15. The summed E-state index contributed by atoms with van der Waals surface area (Å²) in [6.45, 7) is 5.59. The van der Waals surface area contributed by atoms with Gasteiger partial charge in [0.2, 0.25) is 5.88 Å². The van der Waals surface area contributed by atoms with E-state index in [0.717, 1.165) is 43.0 Å². The van der Waals surface area contributed by atoms with Gasteiger partial charge in [-0.15, -0.1) is 0 Å². The van der Waals surface area contributed by atoms with E-state index in [0.29, 0.717) is 19.0 Å². The van der Waals surface area contributed by atoms with Crippen LogP contribution in [0.3, 0.4) is 0 Å². The molecule has 0 radical (unpaired) electrons. The Bertz CT molecular complexity index is 560. The van der Waals surface area contributed by atoms with Crippen molar-refractivity contribution in [1.82, 2.24) is 15.0 Å². The number of ether oxygens (including phenoxy) is 1. The molecule has 5 heteroatoms. The number of unbranched alkanes of at least 4 members (excludes halogenated alkanes) is 1. The van der Waals surface area contributed by atoms with Crippen molar-refractivity contribution < 1.29 is 4.74 Å². The van der Waals surface area contributed by atoms with Crippen LogP contribution in [0.2, 0.25) is 0 Å². The molecular formula is C17H24N4O. The second-order valence-corrected chi connectivity index (χ2v) is 5.13. The van der Waals surface area contributed by atoms with E-state index in [4.69, 9.17) is 4.74 Å². The summed E-state index contributed by atoms with van der Waals surface area (Å²) in [5.41, 5.74) is 0.978. The lowest BCUT2D eigenvalue weighted by Gasteiger charge is -2.10. The molecule has 0 aromatic carbocycles. The molecule has 0 aliphatic heterocycles. The Morgan fingerprint density at radius 1 is 1.14 bits per heavy atom. The van der Waals surface area contributed by atoms with Crippen LogP contribution in [0.1, 0.15) is 44.6 Å². The number of pyridine rings is 1. The fourth-order valence-electron chi connectivity index (χ4n) is 1.98. The molecule has 2 aromatic rings. The zero-order chi connectivity index (χ0) is 15.6. The van der Waals surface area contributed by atoms with Crippen LogP contribution in [-0.4, -0.2) is 21.6 Å². The molecule has 0 fully saturated rings. The maximum atomic E-state index is 5.72. The van der Waals surface area contributed by atoms with Gasteiger partial charge in [-0.05, 0) is 25.0 Å². The summed E-state index contributed by atoms with van der Waals surface area (Å²) in [6.07, 6.45) is 5.79. The van der Waals surface area contributed by atoms with Crippen LogP contribution < -0.4 is 10.1 Å². The Balaban J connectivity index is 2.04. The van der Waals surface area contributed by atoms with Crippen LogP contribution in [0.25, 0.3) is 0 Å². The van der Waals surface area contributed by atoms with E-state index >= 15 is 0 Å². The second kappa shape index (κ2) is 8.97. The van der Waals surface area contributed by atoms with Crippen molar-refractivity contribution in [3.05, 3.63) is 42.0 Å². The van der Waals surface area contributed by atoms with Gasteiger partial charge in [-0.25, -0.2) is 4.98 Å². The first kappa shape index (κ1) is 16.2. The molecular weight excluding hydrogens is 276 g/mol. The molecule has 0 bridgehead atoms. The van der Waals surface area contributed by atoms with Crippen LogP contribution in [-0.2, 0) is 13.0 Å². The normalized spacial score (nSPS) is 10.5. The van der Waals surface area contributed by atoms with E-state index in [-0.39, 0.29) is 0 Å². The predicted octanol–water partition coefficient (Wildman–Crippen LogP) is 3.62. The minimum Gasteiger partial charge on any atom is -0.478 e. The van der Waals surface area contributed by atoms with E-state index in [1.807, 2.05) is 24.3 Å². The first-order valence-corrected chi connectivity index (χ1v) is 7.96. The topological polar surface area (TPSA) is 59.9 Å². The number of nitrogens with zero attached hydrogens (tertiary/aromatic N) is 3. The molecule has 5 nitrogen and oxygen atoms in total. The number of hydrogen-bond acceptors (Lipinski definition) is 5. The van der Waals surface area contributed by atoms with Gasteiger partial charge >= 0.3 is 0 Å². The molecule has 0 atom stereocenters. The van der Waals surface area contributed by atoms with Crippen molar-refractivity contribution in [1.29, 1.82) is 0 Å². The zero-order valence-corrected chi connectivity index (χ0v) is 13.4. The monoisotopic (exact) mass is 300 g/mol. The van der Waals surface area contributed by atoms with Crippen LogP contribution >= 0.6 is 0 Å². The predicted molar refractivity (Wildman–Crippen MR) is 88.0 cm³/mol. The molecule has 22 heavy (non-hydrogen) atoms. The summed E-state index contributed by atoms with van der Waals surface area (Å²) >= 11 is 0. The molecule has 0 spiro atoms. The van der Waals surface area contributed by atoms with Gasteiger partial charge in [0, 0.05) is 18.7 Å². The van der Waals surface area contributed by atoms with Gasteiger partial charge in [0.25, 0.3) is 0 Å². The third-order valence-electron chi connectivity index (χ3n) is 3.15. The highest BCUT2D eigenvalue weighted by atomic mass is 16.5. The standard InChI is InChI=1S/C17H24N4O/c1-3-5-11-22-17-12-16(20-15(21-17)8-4-2)19-13-14-9-6-7-10-18-14/h6-7,9-10,12H,3-5,8,11,13H2,1-2H3,(H,19,20,21). The summed E-state index contributed by atoms with van der Waals surface area (Å²) < 4.78 is 5.72.